The number of rotatable bonds is 7. The highest BCUT2D eigenvalue weighted by atomic mass is 19.1. The lowest BCUT2D eigenvalue weighted by Crippen LogP contribution is -2.23. The van der Waals surface area contributed by atoms with E-state index < -0.39 is 0 Å². The molecule has 0 aliphatic carbocycles. The van der Waals surface area contributed by atoms with Crippen molar-refractivity contribution >= 4 is 5.69 Å². The van der Waals surface area contributed by atoms with E-state index in [0.29, 0.717) is 26.2 Å². The van der Waals surface area contributed by atoms with Crippen LogP contribution in [0.15, 0.2) is 18.2 Å². The highest BCUT2D eigenvalue weighted by molar-refractivity contribution is 5.48. The lowest BCUT2D eigenvalue weighted by molar-refractivity contribution is 0.154. The molecule has 0 spiro atoms. The van der Waals surface area contributed by atoms with Crippen LogP contribution in [0.4, 0.5) is 10.1 Å². The molecule has 0 aromatic heterocycles. The van der Waals surface area contributed by atoms with Crippen LogP contribution in [-0.4, -0.2) is 33.4 Å². The number of benzene rings is 1. The maximum atomic E-state index is 13.4. The molecule has 0 amide bonds. The van der Waals surface area contributed by atoms with Gasteiger partial charge in [0.1, 0.15) is 5.82 Å². The van der Waals surface area contributed by atoms with Gasteiger partial charge in [0.05, 0.1) is 6.61 Å². The predicted octanol–water partition coefficient (Wildman–Crippen LogP) is 1.80. The minimum Gasteiger partial charge on any atom is -0.380 e. The highest BCUT2D eigenvalue weighted by Gasteiger charge is 2.05. The fourth-order valence-electron chi connectivity index (χ4n) is 1.64. The number of ether oxygens (including phenoxy) is 1. The van der Waals surface area contributed by atoms with Gasteiger partial charge in [-0.1, -0.05) is 0 Å². The van der Waals surface area contributed by atoms with Crippen LogP contribution in [0.3, 0.4) is 0 Å². The SMILES string of the molecule is CCOCCN(C)c1cc(F)cc(CCN)c1. The lowest BCUT2D eigenvalue weighted by atomic mass is 10.1. The first-order chi connectivity index (χ1) is 8.17. The molecule has 0 heterocycles. The summed E-state index contributed by atoms with van der Waals surface area (Å²) in [7, 11) is 1.93. The molecule has 0 unspecified atom stereocenters. The van der Waals surface area contributed by atoms with E-state index in [4.69, 9.17) is 10.5 Å². The summed E-state index contributed by atoms with van der Waals surface area (Å²) >= 11 is 0. The molecule has 4 heteroatoms. The summed E-state index contributed by atoms with van der Waals surface area (Å²) in [5, 5.41) is 0. The number of nitrogens with zero attached hydrogens (tertiary/aromatic N) is 1. The highest BCUT2D eigenvalue weighted by Crippen LogP contribution is 2.17. The number of anilines is 1. The molecule has 17 heavy (non-hydrogen) atoms. The number of hydrogen-bond acceptors (Lipinski definition) is 3. The maximum absolute atomic E-state index is 13.4. The van der Waals surface area contributed by atoms with Gasteiger partial charge in [0.25, 0.3) is 0 Å². The van der Waals surface area contributed by atoms with Crippen molar-refractivity contribution in [1.29, 1.82) is 0 Å². The monoisotopic (exact) mass is 240 g/mol. The Balaban J connectivity index is 2.67. The molecular weight excluding hydrogens is 219 g/mol. The number of nitrogens with two attached hydrogens (primary N) is 1. The first kappa shape index (κ1) is 13.9. The van der Waals surface area contributed by atoms with Crippen molar-refractivity contribution in [3.05, 3.63) is 29.6 Å². The first-order valence-corrected chi connectivity index (χ1v) is 5.95. The van der Waals surface area contributed by atoms with Crippen LogP contribution in [-0.2, 0) is 11.2 Å². The van der Waals surface area contributed by atoms with Crippen molar-refractivity contribution in [2.45, 2.75) is 13.3 Å². The smallest absolute Gasteiger partial charge is 0.125 e. The lowest BCUT2D eigenvalue weighted by Gasteiger charge is -2.20. The van der Waals surface area contributed by atoms with Gasteiger partial charge in [0.2, 0.25) is 0 Å². The Labute approximate surface area is 102 Å². The Bertz CT molecular complexity index is 344. The van der Waals surface area contributed by atoms with E-state index in [1.165, 1.54) is 12.1 Å². The van der Waals surface area contributed by atoms with Gasteiger partial charge < -0.3 is 15.4 Å². The van der Waals surface area contributed by atoms with Crippen molar-refractivity contribution in [1.82, 2.24) is 0 Å². The number of halogens is 1. The number of likely N-dealkylation sites (N-methyl/N-ethyl adjacent to an activating group) is 1. The van der Waals surface area contributed by atoms with E-state index >= 15 is 0 Å². The van der Waals surface area contributed by atoms with Crippen molar-refractivity contribution < 1.29 is 9.13 Å². The zero-order valence-corrected chi connectivity index (χ0v) is 10.6. The van der Waals surface area contributed by atoms with E-state index in [1.54, 1.807) is 0 Å². The minimum absolute atomic E-state index is 0.214. The molecule has 0 saturated carbocycles. The molecule has 0 saturated heterocycles. The molecule has 0 bridgehead atoms. The summed E-state index contributed by atoms with van der Waals surface area (Å²) in [6.45, 7) is 4.59. The summed E-state index contributed by atoms with van der Waals surface area (Å²) in [6, 6.07) is 5.04. The van der Waals surface area contributed by atoms with E-state index in [-0.39, 0.29) is 5.82 Å². The molecule has 2 N–H and O–H groups in total. The van der Waals surface area contributed by atoms with E-state index in [9.17, 15) is 4.39 Å². The Morgan fingerprint density at radius 3 is 2.76 bits per heavy atom. The minimum atomic E-state index is -0.214. The Hall–Kier alpha value is -1.13. The summed E-state index contributed by atoms with van der Waals surface area (Å²) in [5.41, 5.74) is 7.28. The standard InChI is InChI=1S/C13H21FN2O/c1-3-17-7-6-16(2)13-9-11(4-5-15)8-12(14)10-13/h8-10H,3-7,15H2,1-2H3. The van der Waals surface area contributed by atoms with Crippen LogP contribution in [0, 0.1) is 5.82 Å². The van der Waals surface area contributed by atoms with Gasteiger partial charge in [-0.05, 0) is 43.7 Å². The normalized spacial score (nSPS) is 10.6. The van der Waals surface area contributed by atoms with Crippen molar-refractivity contribution in [3.8, 4) is 0 Å². The van der Waals surface area contributed by atoms with Crippen molar-refractivity contribution in [3.63, 3.8) is 0 Å². The topological polar surface area (TPSA) is 38.5 Å². The molecule has 1 rings (SSSR count). The molecule has 0 aliphatic heterocycles. The average molecular weight is 240 g/mol. The van der Waals surface area contributed by atoms with Crippen LogP contribution in [0.5, 0.6) is 0 Å². The van der Waals surface area contributed by atoms with E-state index in [1.807, 2.05) is 24.9 Å². The molecule has 3 nitrogen and oxygen atoms in total. The molecule has 0 fully saturated rings. The quantitative estimate of drug-likeness (QED) is 0.739. The molecule has 0 aliphatic rings. The zero-order valence-electron chi connectivity index (χ0n) is 10.6. The fraction of sp³-hybridized carbons (Fsp3) is 0.538. The van der Waals surface area contributed by atoms with E-state index in [0.717, 1.165) is 17.8 Å². The summed E-state index contributed by atoms with van der Waals surface area (Å²) in [4.78, 5) is 1.98. The first-order valence-electron chi connectivity index (χ1n) is 5.95. The zero-order chi connectivity index (χ0) is 12.7. The fourth-order valence-corrected chi connectivity index (χ4v) is 1.64. The molecule has 0 atom stereocenters. The van der Waals surface area contributed by atoms with Crippen molar-refractivity contribution in [2.24, 2.45) is 5.73 Å². The summed E-state index contributed by atoms with van der Waals surface area (Å²) < 4.78 is 18.7. The second-order valence-electron chi connectivity index (χ2n) is 3.97. The third-order valence-corrected chi connectivity index (χ3v) is 2.59. The molecule has 0 radical (unpaired) electrons. The van der Waals surface area contributed by atoms with Crippen LogP contribution >= 0.6 is 0 Å². The largest absolute Gasteiger partial charge is 0.380 e. The summed E-state index contributed by atoms with van der Waals surface area (Å²) in [6.07, 6.45) is 0.698. The Kier molecular flexibility index (Phi) is 5.94. The molecule has 1 aromatic carbocycles. The number of hydrogen-bond donors (Lipinski definition) is 1. The van der Waals surface area contributed by atoms with Gasteiger partial charge in [-0.3, -0.25) is 0 Å². The Morgan fingerprint density at radius 2 is 2.12 bits per heavy atom. The van der Waals surface area contributed by atoms with Crippen LogP contribution in [0.2, 0.25) is 0 Å². The van der Waals surface area contributed by atoms with Gasteiger partial charge in [-0.2, -0.15) is 0 Å². The summed E-state index contributed by atoms with van der Waals surface area (Å²) in [5.74, 6) is -0.214. The molecule has 96 valence electrons. The van der Waals surface area contributed by atoms with Gasteiger partial charge in [0, 0.05) is 25.9 Å². The van der Waals surface area contributed by atoms with E-state index in [2.05, 4.69) is 0 Å². The third kappa shape index (κ3) is 4.71. The average Bonchev–Trinajstić information content (AvgIpc) is 2.29. The second kappa shape index (κ2) is 7.25. The van der Waals surface area contributed by atoms with Gasteiger partial charge in [-0.25, -0.2) is 4.39 Å². The van der Waals surface area contributed by atoms with Gasteiger partial charge in [-0.15, -0.1) is 0 Å². The Morgan fingerprint density at radius 1 is 1.35 bits per heavy atom. The van der Waals surface area contributed by atoms with Crippen LogP contribution in [0.25, 0.3) is 0 Å². The van der Waals surface area contributed by atoms with Crippen LogP contribution < -0.4 is 10.6 Å². The van der Waals surface area contributed by atoms with Gasteiger partial charge in [0.15, 0.2) is 0 Å². The second-order valence-corrected chi connectivity index (χ2v) is 3.97. The molecular formula is C13H21FN2O. The van der Waals surface area contributed by atoms with Gasteiger partial charge >= 0.3 is 0 Å². The maximum Gasteiger partial charge on any atom is 0.125 e. The molecule has 1 aromatic rings. The third-order valence-electron chi connectivity index (χ3n) is 2.59. The van der Waals surface area contributed by atoms with Crippen LogP contribution in [0.1, 0.15) is 12.5 Å². The predicted molar refractivity (Wildman–Crippen MR) is 68.9 cm³/mol. The van der Waals surface area contributed by atoms with Crippen molar-refractivity contribution in [2.75, 3.05) is 38.3 Å².